The molecule has 3 rings (SSSR count). The van der Waals surface area contributed by atoms with E-state index in [9.17, 15) is 0 Å². The summed E-state index contributed by atoms with van der Waals surface area (Å²) in [5, 5.41) is 3.44. The highest BCUT2D eigenvalue weighted by atomic mass is 16.5. The van der Waals surface area contributed by atoms with Gasteiger partial charge in [0.05, 0.1) is 19.3 Å². The second kappa shape index (κ2) is 7.79. The number of fused-ring (bicyclic) bond motifs is 1. The molecule has 1 N–H and O–H groups in total. The van der Waals surface area contributed by atoms with Crippen LogP contribution in [0.25, 0.3) is 0 Å². The van der Waals surface area contributed by atoms with E-state index in [0.717, 1.165) is 58.3 Å². The molecule has 2 aliphatic heterocycles. The number of nitrogens with one attached hydrogen (secondary N) is 1. The van der Waals surface area contributed by atoms with Gasteiger partial charge in [-0.15, -0.1) is 0 Å². The average Bonchev–Trinajstić information content (AvgIpc) is 2.58. The number of hydrogen-bond acceptors (Lipinski definition) is 3. The molecular weight excluding hydrogens is 288 g/mol. The number of morpholine rings is 1. The quantitative estimate of drug-likeness (QED) is 0.675. The molecule has 0 saturated carbocycles. The van der Waals surface area contributed by atoms with Crippen LogP contribution in [0.3, 0.4) is 0 Å². The summed E-state index contributed by atoms with van der Waals surface area (Å²) >= 11 is 0. The molecule has 1 fully saturated rings. The number of likely N-dealkylation sites (N-methyl/N-ethyl adjacent to an activating group) is 1. The molecule has 1 unspecified atom stereocenters. The SMILES string of the molecule is CCNC(=NCC1CN(C)CCO1)N1CCc2ccccc2C1. The van der Waals surface area contributed by atoms with E-state index in [1.54, 1.807) is 0 Å². The van der Waals surface area contributed by atoms with Crippen LogP contribution in [-0.2, 0) is 17.7 Å². The van der Waals surface area contributed by atoms with E-state index >= 15 is 0 Å². The predicted molar refractivity (Wildman–Crippen MR) is 93.8 cm³/mol. The van der Waals surface area contributed by atoms with Gasteiger partial charge in [0.15, 0.2) is 5.96 Å². The molecule has 1 saturated heterocycles. The molecule has 0 amide bonds. The first-order valence-electron chi connectivity index (χ1n) is 8.66. The van der Waals surface area contributed by atoms with Crippen molar-refractivity contribution < 1.29 is 4.74 Å². The lowest BCUT2D eigenvalue weighted by atomic mass is 10.0. The van der Waals surface area contributed by atoms with Gasteiger partial charge in [-0.05, 0) is 31.5 Å². The summed E-state index contributed by atoms with van der Waals surface area (Å²) in [5.41, 5.74) is 2.88. The first-order chi connectivity index (χ1) is 11.3. The van der Waals surface area contributed by atoms with E-state index < -0.39 is 0 Å². The second-order valence-corrected chi connectivity index (χ2v) is 6.39. The fourth-order valence-electron chi connectivity index (χ4n) is 3.27. The van der Waals surface area contributed by atoms with Crippen molar-refractivity contribution in [3.8, 4) is 0 Å². The molecule has 2 aliphatic rings. The normalized spacial score (nSPS) is 22.8. The molecule has 5 nitrogen and oxygen atoms in total. The zero-order valence-corrected chi connectivity index (χ0v) is 14.3. The van der Waals surface area contributed by atoms with Crippen LogP contribution in [0.2, 0.25) is 0 Å². The van der Waals surface area contributed by atoms with Crippen molar-refractivity contribution >= 4 is 5.96 Å². The Kier molecular flexibility index (Phi) is 5.51. The molecule has 1 aromatic carbocycles. The molecule has 5 heteroatoms. The minimum atomic E-state index is 0.208. The topological polar surface area (TPSA) is 40.1 Å². The third-order valence-electron chi connectivity index (χ3n) is 4.55. The van der Waals surface area contributed by atoms with Crippen LogP contribution in [0, 0.1) is 0 Å². The van der Waals surface area contributed by atoms with E-state index in [2.05, 4.69) is 53.4 Å². The molecule has 0 bridgehead atoms. The molecule has 0 aliphatic carbocycles. The number of aliphatic imine (C=N–C) groups is 1. The first kappa shape index (κ1) is 16.3. The lowest BCUT2D eigenvalue weighted by Crippen LogP contribution is -2.45. The molecule has 126 valence electrons. The Hall–Kier alpha value is -1.59. The third-order valence-corrected chi connectivity index (χ3v) is 4.55. The van der Waals surface area contributed by atoms with Gasteiger partial charge in [0.25, 0.3) is 0 Å². The smallest absolute Gasteiger partial charge is 0.194 e. The Morgan fingerprint density at radius 3 is 2.91 bits per heavy atom. The molecule has 2 heterocycles. The highest BCUT2D eigenvalue weighted by Crippen LogP contribution is 2.18. The minimum Gasteiger partial charge on any atom is -0.374 e. The molecule has 23 heavy (non-hydrogen) atoms. The van der Waals surface area contributed by atoms with Crippen LogP contribution in [0.1, 0.15) is 18.1 Å². The van der Waals surface area contributed by atoms with Crippen molar-refractivity contribution in [1.82, 2.24) is 15.1 Å². The Morgan fingerprint density at radius 1 is 1.30 bits per heavy atom. The fourth-order valence-corrected chi connectivity index (χ4v) is 3.27. The number of benzene rings is 1. The molecule has 0 radical (unpaired) electrons. The number of nitrogens with zero attached hydrogens (tertiary/aromatic N) is 3. The van der Waals surface area contributed by atoms with Crippen LogP contribution in [-0.4, -0.2) is 68.2 Å². The number of guanidine groups is 1. The van der Waals surface area contributed by atoms with Gasteiger partial charge in [-0.2, -0.15) is 0 Å². The maximum atomic E-state index is 5.83. The number of ether oxygens (including phenoxy) is 1. The standard InChI is InChI=1S/C18H28N4O/c1-3-19-18(20-12-17-14-21(2)10-11-23-17)22-9-8-15-6-4-5-7-16(15)13-22/h4-7,17H,3,8-14H2,1-2H3,(H,19,20). The van der Waals surface area contributed by atoms with Crippen LogP contribution in [0.15, 0.2) is 29.3 Å². The highest BCUT2D eigenvalue weighted by molar-refractivity contribution is 5.80. The number of rotatable bonds is 3. The van der Waals surface area contributed by atoms with Crippen molar-refractivity contribution in [2.75, 3.05) is 46.4 Å². The first-order valence-corrected chi connectivity index (χ1v) is 8.66. The summed E-state index contributed by atoms with van der Waals surface area (Å²) in [6.45, 7) is 8.49. The van der Waals surface area contributed by atoms with Gasteiger partial charge in [0.2, 0.25) is 0 Å². The summed E-state index contributed by atoms with van der Waals surface area (Å²) in [6, 6.07) is 8.72. The van der Waals surface area contributed by atoms with Crippen LogP contribution < -0.4 is 5.32 Å². The van der Waals surface area contributed by atoms with Gasteiger partial charge in [-0.25, -0.2) is 0 Å². The van der Waals surface area contributed by atoms with Gasteiger partial charge < -0.3 is 19.9 Å². The Bertz CT molecular complexity index is 546. The lowest BCUT2D eigenvalue weighted by Gasteiger charge is -2.33. The van der Waals surface area contributed by atoms with Gasteiger partial charge in [-0.3, -0.25) is 4.99 Å². The summed E-state index contributed by atoms with van der Waals surface area (Å²) in [5.74, 6) is 1.01. The minimum absolute atomic E-state index is 0.208. The summed E-state index contributed by atoms with van der Waals surface area (Å²) < 4.78 is 5.83. The molecule has 0 aromatic heterocycles. The Balaban J connectivity index is 1.65. The molecule has 1 atom stereocenters. The maximum Gasteiger partial charge on any atom is 0.194 e. The van der Waals surface area contributed by atoms with Gasteiger partial charge in [-0.1, -0.05) is 24.3 Å². The Labute approximate surface area is 139 Å². The fraction of sp³-hybridized carbons (Fsp3) is 0.611. The van der Waals surface area contributed by atoms with Gasteiger partial charge in [0.1, 0.15) is 0 Å². The predicted octanol–water partition coefficient (Wildman–Crippen LogP) is 1.34. The van der Waals surface area contributed by atoms with Crippen molar-refractivity contribution in [2.24, 2.45) is 4.99 Å². The third kappa shape index (κ3) is 4.24. The molecule has 1 aromatic rings. The van der Waals surface area contributed by atoms with Crippen molar-refractivity contribution in [3.05, 3.63) is 35.4 Å². The zero-order valence-electron chi connectivity index (χ0n) is 14.3. The zero-order chi connectivity index (χ0) is 16.1. The van der Waals surface area contributed by atoms with E-state index in [1.807, 2.05) is 0 Å². The second-order valence-electron chi connectivity index (χ2n) is 6.39. The highest BCUT2D eigenvalue weighted by Gasteiger charge is 2.21. The lowest BCUT2D eigenvalue weighted by molar-refractivity contribution is -0.0137. The van der Waals surface area contributed by atoms with E-state index in [-0.39, 0.29) is 6.10 Å². The van der Waals surface area contributed by atoms with E-state index in [0.29, 0.717) is 0 Å². The Morgan fingerprint density at radius 2 is 2.13 bits per heavy atom. The maximum absolute atomic E-state index is 5.83. The summed E-state index contributed by atoms with van der Waals surface area (Å²) in [6.07, 6.45) is 1.29. The van der Waals surface area contributed by atoms with Crippen molar-refractivity contribution in [2.45, 2.75) is 26.0 Å². The average molecular weight is 316 g/mol. The molecular formula is C18H28N4O. The summed E-state index contributed by atoms with van der Waals surface area (Å²) in [7, 11) is 2.14. The monoisotopic (exact) mass is 316 g/mol. The van der Waals surface area contributed by atoms with Crippen LogP contribution in [0.5, 0.6) is 0 Å². The van der Waals surface area contributed by atoms with E-state index in [4.69, 9.17) is 9.73 Å². The largest absolute Gasteiger partial charge is 0.374 e. The molecule has 0 spiro atoms. The van der Waals surface area contributed by atoms with Crippen LogP contribution >= 0.6 is 0 Å². The van der Waals surface area contributed by atoms with Crippen LogP contribution in [0.4, 0.5) is 0 Å². The van der Waals surface area contributed by atoms with Crippen molar-refractivity contribution in [3.63, 3.8) is 0 Å². The van der Waals surface area contributed by atoms with E-state index in [1.165, 1.54) is 11.1 Å². The van der Waals surface area contributed by atoms with Gasteiger partial charge in [0, 0.05) is 32.7 Å². The van der Waals surface area contributed by atoms with Gasteiger partial charge >= 0.3 is 0 Å². The number of hydrogen-bond donors (Lipinski definition) is 1. The van der Waals surface area contributed by atoms with Crippen molar-refractivity contribution in [1.29, 1.82) is 0 Å². The summed E-state index contributed by atoms with van der Waals surface area (Å²) in [4.78, 5) is 9.52.